The summed E-state index contributed by atoms with van der Waals surface area (Å²) in [6, 6.07) is 6.30. The molecule has 0 aliphatic carbocycles. The third-order valence-corrected chi connectivity index (χ3v) is 2.34. The van der Waals surface area contributed by atoms with Gasteiger partial charge >= 0.3 is 0 Å². The highest BCUT2D eigenvalue weighted by atomic mass is 79.9. The van der Waals surface area contributed by atoms with Gasteiger partial charge in [0, 0.05) is 11.0 Å². The molecule has 1 nitrogen and oxygen atoms in total. The lowest BCUT2D eigenvalue weighted by molar-refractivity contribution is 0.922. The van der Waals surface area contributed by atoms with Crippen LogP contribution in [-0.2, 0) is 0 Å². The van der Waals surface area contributed by atoms with Crippen molar-refractivity contribution in [2.24, 2.45) is 0 Å². The van der Waals surface area contributed by atoms with Crippen molar-refractivity contribution in [3.8, 4) is 0 Å². The van der Waals surface area contributed by atoms with Crippen LogP contribution in [0.15, 0.2) is 28.7 Å². The Morgan fingerprint density at radius 1 is 1.46 bits per heavy atom. The Morgan fingerprint density at radius 3 is 2.85 bits per heavy atom. The molecule has 0 atom stereocenters. The predicted octanol–water partition coefficient (Wildman–Crippen LogP) is 2.99. The lowest BCUT2D eigenvalue weighted by Crippen LogP contribution is -2.03. The summed E-state index contributed by atoms with van der Waals surface area (Å²) in [5.41, 5.74) is 2.57. The first-order chi connectivity index (χ1) is 6.24. The van der Waals surface area contributed by atoms with Crippen molar-refractivity contribution in [1.82, 2.24) is 5.32 Å². The van der Waals surface area contributed by atoms with Crippen molar-refractivity contribution in [3.05, 3.63) is 39.9 Å². The predicted molar refractivity (Wildman–Crippen MR) is 61.8 cm³/mol. The maximum absolute atomic E-state index is 3.44. The van der Waals surface area contributed by atoms with E-state index in [1.165, 1.54) is 11.1 Å². The molecular weight excluding hydrogens is 226 g/mol. The van der Waals surface area contributed by atoms with E-state index in [1.807, 2.05) is 7.05 Å². The largest absolute Gasteiger partial charge is 0.316 e. The smallest absolute Gasteiger partial charge is 0.0178 e. The van der Waals surface area contributed by atoms with E-state index in [-0.39, 0.29) is 0 Å². The van der Waals surface area contributed by atoms with Gasteiger partial charge in [0.15, 0.2) is 0 Å². The lowest BCUT2D eigenvalue weighted by Gasteiger charge is -2.00. The van der Waals surface area contributed by atoms with Crippen LogP contribution in [0.5, 0.6) is 0 Å². The highest BCUT2D eigenvalue weighted by Gasteiger charge is 1.93. The average Bonchev–Trinajstić information content (AvgIpc) is 2.09. The Balaban J connectivity index is 2.77. The summed E-state index contributed by atoms with van der Waals surface area (Å²) in [5.74, 6) is 0. The zero-order chi connectivity index (χ0) is 9.68. The summed E-state index contributed by atoms with van der Waals surface area (Å²) in [4.78, 5) is 0. The molecule has 0 aromatic heterocycles. The number of hydrogen-bond acceptors (Lipinski definition) is 1. The minimum absolute atomic E-state index is 0.912. The zero-order valence-corrected chi connectivity index (χ0v) is 9.56. The van der Waals surface area contributed by atoms with Crippen molar-refractivity contribution < 1.29 is 0 Å². The maximum atomic E-state index is 3.44. The topological polar surface area (TPSA) is 12.0 Å². The van der Waals surface area contributed by atoms with Gasteiger partial charge in [0.05, 0.1) is 0 Å². The third kappa shape index (κ3) is 3.33. The Labute approximate surface area is 88.0 Å². The number of nitrogens with one attached hydrogen (secondary N) is 1. The van der Waals surface area contributed by atoms with Crippen LogP contribution in [-0.4, -0.2) is 13.6 Å². The first kappa shape index (κ1) is 10.5. The van der Waals surface area contributed by atoms with E-state index in [0.717, 1.165) is 11.0 Å². The number of halogens is 1. The number of likely N-dealkylation sites (N-methyl/N-ethyl adjacent to an activating group) is 1. The second-order valence-electron chi connectivity index (χ2n) is 2.96. The Kier molecular flexibility index (Phi) is 4.19. The summed E-state index contributed by atoms with van der Waals surface area (Å²) in [6.45, 7) is 3.03. The van der Waals surface area contributed by atoms with Crippen LogP contribution in [0.2, 0.25) is 0 Å². The van der Waals surface area contributed by atoms with Crippen LogP contribution >= 0.6 is 15.9 Å². The van der Waals surface area contributed by atoms with Gasteiger partial charge in [-0.15, -0.1) is 0 Å². The fourth-order valence-electron chi connectivity index (χ4n) is 1.13. The molecule has 0 saturated carbocycles. The molecule has 0 radical (unpaired) electrons. The third-order valence-electron chi connectivity index (χ3n) is 1.85. The molecule has 70 valence electrons. The van der Waals surface area contributed by atoms with Gasteiger partial charge in [0.25, 0.3) is 0 Å². The zero-order valence-electron chi connectivity index (χ0n) is 7.97. The Hall–Kier alpha value is -0.600. The van der Waals surface area contributed by atoms with E-state index in [2.05, 4.69) is 58.5 Å². The van der Waals surface area contributed by atoms with Crippen molar-refractivity contribution in [3.63, 3.8) is 0 Å². The van der Waals surface area contributed by atoms with Gasteiger partial charge in [-0.25, -0.2) is 0 Å². The van der Waals surface area contributed by atoms with Gasteiger partial charge < -0.3 is 5.32 Å². The van der Waals surface area contributed by atoms with E-state index in [1.54, 1.807) is 0 Å². The molecule has 13 heavy (non-hydrogen) atoms. The second kappa shape index (κ2) is 5.20. The summed E-state index contributed by atoms with van der Waals surface area (Å²) < 4.78 is 1.13. The van der Waals surface area contributed by atoms with E-state index in [0.29, 0.717) is 0 Å². The summed E-state index contributed by atoms with van der Waals surface area (Å²) in [7, 11) is 1.94. The number of hydrogen-bond donors (Lipinski definition) is 1. The molecule has 0 aliphatic rings. The molecule has 0 fully saturated rings. The molecule has 0 saturated heterocycles. The first-order valence-electron chi connectivity index (χ1n) is 4.31. The van der Waals surface area contributed by atoms with E-state index >= 15 is 0 Å². The number of rotatable bonds is 3. The van der Waals surface area contributed by atoms with Crippen molar-refractivity contribution in [1.29, 1.82) is 0 Å². The van der Waals surface area contributed by atoms with Gasteiger partial charge in [0.1, 0.15) is 0 Å². The van der Waals surface area contributed by atoms with Crippen LogP contribution in [0, 0.1) is 6.92 Å². The Bertz CT molecular complexity index is 305. The maximum Gasteiger partial charge on any atom is 0.0178 e. The van der Waals surface area contributed by atoms with Crippen LogP contribution in [0.4, 0.5) is 0 Å². The molecular formula is C11H14BrN. The van der Waals surface area contributed by atoms with Crippen molar-refractivity contribution in [2.45, 2.75) is 6.92 Å². The monoisotopic (exact) mass is 239 g/mol. The highest BCUT2D eigenvalue weighted by molar-refractivity contribution is 9.10. The molecule has 1 aromatic carbocycles. The minimum atomic E-state index is 0.912. The number of benzene rings is 1. The molecule has 1 rings (SSSR count). The van der Waals surface area contributed by atoms with Crippen molar-refractivity contribution >= 4 is 22.0 Å². The summed E-state index contributed by atoms with van der Waals surface area (Å²) in [6.07, 6.45) is 4.26. The molecule has 0 bridgehead atoms. The van der Waals surface area contributed by atoms with Crippen molar-refractivity contribution in [2.75, 3.05) is 13.6 Å². The second-order valence-corrected chi connectivity index (χ2v) is 3.88. The van der Waals surface area contributed by atoms with Crippen LogP contribution in [0.1, 0.15) is 11.1 Å². The molecule has 0 amide bonds. The normalized spacial score (nSPS) is 11.0. The minimum Gasteiger partial charge on any atom is -0.316 e. The Morgan fingerprint density at radius 2 is 2.23 bits per heavy atom. The van der Waals surface area contributed by atoms with E-state index in [9.17, 15) is 0 Å². The summed E-state index contributed by atoms with van der Waals surface area (Å²) >= 11 is 3.44. The van der Waals surface area contributed by atoms with Gasteiger partial charge in [-0.05, 0) is 37.2 Å². The quantitative estimate of drug-likeness (QED) is 0.856. The first-order valence-corrected chi connectivity index (χ1v) is 5.10. The van der Waals surface area contributed by atoms with Crippen LogP contribution in [0.3, 0.4) is 0 Å². The molecule has 0 unspecified atom stereocenters. The fraction of sp³-hybridized carbons (Fsp3) is 0.273. The van der Waals surface area contributed by atoms with Gasteiger partial charge in [-0.3, -0.25) is 0 Å². The molecule has 0 heterocycles. The lowest BCUT2D eigenvalue weighted by atomic mass is 10.1. The van der Waals surface area contributed by atoms with E-state index < -0.39 is 0 Å². The van der Waals surface area contributed by atoms with Gasteiger partial charge in [-0.2, -0.15) is 0 Å². The molecule has 0 aliphatic heterocycles. The summed E-state index contributed by atoms with van der Waals surface area (Å²) in [5, 5.41) is 3.07. The van der Waals surface area contributed by atoms with Crippen LogP contribution < -0.4 is 5.32 Å². The van der Waals surface area contributed by atoms with Gasteiger partial charge in [0.2, 0.25) is 0 Å². The fourth-order valence-corrected chi connectivity index (χ4v) is 1.61. The SMILES string of the molecule is CNCC=Cc1ccc(Br)cc1C. The molecule has 1 aromatic rings. The molecule has 2 heteroatoms. The van der Waals surface area contributed by atoms with E-state index in [4.69, 9.17) is 0 Å². The highest BCUT2D eigenvalue weighted by Crippen LogP contribution is 2.16. The molecule has 0 spiro atoms. The average molecular weight is 240 g/mol. The molecule has 1 N–H and O–H groups in total. The van der Waals surface area contributed by atoms with Crippen LogP contribution in [0.25, 0.3) is 6.08 Å². The van der Waals surface area contributed by atoms with Gasteiger partial charge in [-0.1, -0.05) is 34.1 Å². The number of aryl methyl sites for hydroxylation is 1. The standard InChI is InChI=1S/C11H14BrN/c1-9-8-11(12)6-5-10(9)4-3-7-13-2/h3-6,8,13H,7H2,1-2H3.